The SMILES string of the molecule is Cn1c(=O)oc2cc(-c3noc(CN)n3)ccc21. The molecule has 0 saturated carbocycles. The van der Waals surface area contributed by atoms with Crippen LogP contribution in [0.15, 0.2) is 31.9 Å². The quantitative estimate of drug-likeness (QED) is 0.712. The molecule has 2 aromatic heterocycles. The van der Waals surface area contributed by atoms with Crippen LogP contribution in [0, 0.1) is 0 Å². The third-order valence-corrected chi connectivity index (χ3v) is 2.69. The molecule has 3 aromatic rings. The Kier molecular flexibility index (Phi) is 2.27. The molecule has 0 bridgehead atoms. The number of fused-ring (bicyclic) bond motifs is 1. The molecule has 1 aromatic carbocycles. The molecular weight excluding hydrogens is 236 g/mol. The summed E-state index contributed by atoms with van der Waals surface area (Å²) in [5.41, 5.74) is 7.30. The molecule has 0 aliphatic carbocycles. The van der Waals surface area contributed by atoms with E-state index in [0.29, 0.717) is 28.4 Å². The van der Waals surface area contributed by atoms with Crippen molar-refractivity contribution in [1.82, 2.24) is 14.7 Å². The number of hydrogen-bond donors (Lipinski definition) is 1. The van der Waals surface area contributed by atoms with Gasteiger partial charge in [0.05, 0.1) is 12.1 Å². The van der Waals surface area contributed by atoms with Crippen molar-refractivity contribution < 1.29 is 8.94 Å². The second kappa shape index (κ2) is 3.81. The van der Waals surface area contributed by atoms with Gasteiger partial charge < -0.3 is 14.7 Å². The van der Waals surface area contributed by atoms with Crippen molar-refractivity contribution in [3.05, 3.63) is 34.6 Å². The van der Waals surface area contributed by atoms with Gasteiger partial charge in [0.2, 0.25) is 11.7 Å². The van der Waals surface area contributed by atoms with Crippen LogP contribution in [0.5, 0.6) is 0 Å². The number of aryl methyl sites for hydroxylation is 1. The third kappa shape index (κ3) is 1.52. The number of oxazole rings is 1. The first-order valence-corrected chi connectivity index (χ1v) is 5.31. The third-order valence-electron chi connectivity index (χ3n) is 2.69. The number of nitrogens with zero attached hydrogens (tertiary/aromatic N) is 3. The molecule has 2 heterocycles. The topological polar surface area (TPSA) is 100 Å². The van der Waals surface area contributed by atoms with Crippen molar-refractivity contribution >= 4 is 11.1 Å². The normalized spacial score (nSPS) is 11.2. The smallest absolute Gasteiger partial charge is 0.408 e. The molecule has 0 amide bonds. The summed E-state index contributed by atoms with van der Waals surface area (Å²) in [5.74, 6) is 0.376. The van der Waals surface area contributed by atoms with Crippen LogP contribution in [0.3, 0.4) is 0 Å². The average molecular weight is 246 g/mol. The minimum atomic E-state index is -0.405. The van der Waals surface area contributed by atoms with E-state index in [2.05, 4.69) is 10.1 Å². The van der Waals surface area contributed by atoms with Gasteiger partial charge in [-0.3, -0.25) is 4.57 Å². The minimum Gasteiger partial charge on any atom is -0.408 e. The first kappa shape index (κ1) is 10.7. The lowest BCUT2D eigenvalue weighted by molar-refractivity contribution is 0.380. The van der Waals surface area contributed by atoms with Gasteiger partial charge in [0.15, 0.2) is 5.58 Å². The summed E-state index contributed by atoms with van der Waals surface area (Å²) in [6, 6.07) is 5.26. The van der Waals surface area contributed by atoms with Gasteiger partial charge in [-0.05, 0) is 18.2 Å². The van der Waals surface area contributed by atoms with Gasteiger partial charge in [0.1, 0.15) is 0 Å². The Hall–Kier alpha value is -2.41. The molecule has 0 unspecified atom stereocenters. The van der Waals surface area contributed by atoms with Crippen molar-refractivity contribution in [3.8, 4) is 11.4 Å². The highest BCUT2D eigenvalue weighted by Crippen LogP contribution is 2.21. The predicted octanol–water partition coefficient (Wildman–Crippen LogP) is 0.640. The van der Waals surface area contributed by atoms with E-state index < -0.39 is 5.76 Å². The maximum atomic E-state index is 11.4. The molecule has 3 rings (SSSR count). The highest BCUT2D eigenvalue weighted by molar-refractivity contribution is 5.78. The van der Waals surface area contributed by atoms with Crippen molar-refractivity contribution in [2.75, 3.05) is 0 Å². The molecule has 0 aliphatic rings. The molecule has 0 saturated heterocycles. The summed E-state index contributed by atoms with van der Waals surface area (Å²) in [5, 5.41) is 3.80. The Morgan fingerprint density at radius 2 is 2.28 bits per heavy atom. The summed E-state index contributed by atoms with van der Waals surface area (Å²) in [6.45, 7) is 0.190. The van der Waals surface area contributed by atoms with E-state index in [9.17, 15) is 4.79 Å². The number of rotatable bonds is 2. The second-order valence-electron chi connectivity index (χ2n) is 3.83. The van der Waals surface area contributed by atoms with Crippen molar-refractivity contribution in [2.45, 2.75) is 6.54 Å². The van der Waals surface area contributed by atoms with Crippen LogP contribution in [0.4, 0.5) is 0 Å². The highest BCUT2D eigenvalue weighted by atomic mass is 16.5. The maximum absolute atomic E-state index is 11.4. The lowest BCUT2D eigenvalue weighted by Gasteiger charge is -1.94. The molecule has 0 atom stereocenters. The minimum absolute atomic E-state index is 0.190. The molecule has 92 valence electrons. The monoisotopic (exact) mass is 246 g/mol. The molecule has 0 fully saturated rings. The first-order valence-electron chi connectivity index (χ1n) is 5.31. The molecular formula is C11H10N4O3. The fourth-order valence-corrected chi connectivity index (χ4v) is 1.73. The molecule has 7 heteroatoms. The zero-order valence-corrected chi connectivity index (χ0v) is 9.58. The summed E-state index contributed by atoms with van der Waals surface area (Å²) in [7, 11) is 1.65. The van der Waals surface area contributed by atoms with E-state index >= 15 is 0 Å². The summed E-state index contributed by atoms with van der Waals surface area (Å²) in [4.78, 5) is 15.5. The van der Waals surface area contributed by atoms with Gasteiger partial charge in [-0.1, -0.05) is 5.16 Å². The van der Waals surface area contributed by atoms with E-state index in [1.807, 2.05) is 0 Å². The predicted molar refractivity (Wildman–Crippen MR) is 62.6 cm³/mol. The fourth-order valence-electron chi connectivity index (χ4n) is 1.73. The number of aromatic nitrogens is 3. The molecule has 2 N–H and O–H groups in total. The van der Waals surface area contributed by atoms with Crippen molar-refractivity contribution in [1.29, 1.82) is 0 Å². The van der Waals surface area contributed by atoms with E-state index in [1.165, 1.54) is 4.57 Å². The van der Waals surface area contributed by atoms with Gasteiger partial charge in [0.25, 0.3) is 0 Å². The number of benzene rings is 1. The zero-order valence-electron chi connectivity index (χ0n) is 9.58. The van der Waals surface area contributed by atoms with E-state index in [1.54, 1.807) is 25.2 Å². The van der Waals surface area contributed by atoms with E-state index in [4.69, 9.17) is 14.7 Å². The van der Waals surface area contributed by atoms with Gasteiger partial charge in [-0.15, -0.1) is 0 Å². The van der Waals surface area contributed by atoms with Crippen LogP contribution in [0.1, 0.15) is 5.89 Å². The van der Waals surface area contributed by atoms with Crippen LogP contribution in [0.25, 0.3) is 22.5 Å². The van der Waals surface area contributed by atoms with Gasteiger partial charge in [-0.2, -0.15) is 4.98 Å². The fraction of sp³-hybridized carbons (Fsp3) is 0.182. The zero-order chi connectivity index (χ0) is 12.7. The Bertz CT molecular complexity index is 768. The summed E-state index contributed by atoms with van der Waals surface area (Å²) >= 11 is 0. The Balaban J connectivity index is 2.16. The lowest BCUT2D eigenvalue weighted by Crippen LogP contribution is -2.08. The first-order chi connectivity index (χ1) is 8.69. The van der Waals surface area contributed by atoms with Gasteiger partial charge >= 0.3 is 5.76 Å². The largest absolute Gasteiger partial charge is 0.419 e. The summed E-state index contributed by atoms with van der Waals surface area (Å²) in [6.07, 6.45) is 0. The Labute approximate surface area is 101 Å². The highest BCUT2D eigenvalue weighted by Gasteiger charge is 2.11. The maximum Gasteiger partial charge on any atom is 0.419 e. The lowest BCUT2D eigenvalue weighted by atomic mass is 10.2. The molecule has 0 spiro atoms. The van der Waals surface area contributed by atoms with Crippen LogP contribution in [0.2, 0.25) is 0 Å². The van der Waals surface area contributed by atoms with Crippen LogP contribution < -0.4 is 11.5 Å². The van der Waals surface area contributed by atoms with Crippen LogP contribution >= 0.6 is 0 Å². The molecule has 0 radical (unpaired) electrons. The standard InChI is InChI=1S/C11H10N4O3/c1-15-7-3-2-6(4-8(7)17-11(15)16)10-13-9(5-12)18-14-10/h2-4H,5,12H2,1H3. The number of hydrogen-bond acceptors (Lipinski definition) is 6. The van der Waals surface area contributed by atoms with Crippen LogP contribution in [-0.4, -0.2) is 14.7 Å². The Morgan fingerprint density at radius 3 is 3.00 bits per heavy atom. The average Bonchev–Trinajstić information content (AvgIpc) is 2.95. The molecule has 0 aliphatic heterocycles. The van der Waals surface area contributed by atoms with Crippen molar-refractivity contribution in [2.24, 2.45) is 12.8 Å². The van der Waals surface area contributed by atoms with Gasteiger partial charge in [-0.25, -0.2) is 4.79 Å². The Morgan fingerprint density at radius 1 is 1.44 bits per heavy atom. The van der Waals surface area contributed by atoms with Crippen LogP contribution in [-0.2, 0) is 13.6 Å². The molecule has 18 heavy (non-hydrogen) atoms. The summed E-state index contributed by atoms with van der Waals surface area (Å²) < 4.78 is 11.4. The number of nitrogens with two attached hydrogens (primary N) is 1. The van der Waals surface area contributed by atoms with Gasteiger partial charge in [0, 0.05) is 12.6 Å². The van der Waals surface area contributed by atoms with E-state index in [0.717, 1.165) is 0 Å². The van der Waals surface area contributed by atoms with E-state index in [-0.39, 0.29) is 6.54 Å². The molecule has 7 nitrogen and oxygen atoms in total. The second-order valence-corrected chi connectivity index (χ2v) is 3.83. The van der Waals surface area contributed by atoms with Crippen molar-refractivity contribution in [3.63, 3.8) is 0 Å².